The van der Waals surface area contributed by atoms with E-state index in [1.54, 1.807) is 24.3 Å². The maximum atomic E-state index is 12.2. The highest BCUT2D eigenvalue weighted by Crippen LogP contribution is 2.12. The molecule has 1 heterocycles. The zero-order valence-electron chi connectivity index (χ0n) is 11.8. The maximum Gasteiger partial charge on any atom is 0.411 e. The van der Waals surface area contributed by atoms with Crippen LogP contribution in [0.5, 0.6) is 0 Å². The summed E-state index contributed by atoms with van der Waals surface area (Å²) in [6, 6.07) is 6.77. The molecule has 21 heavy (non-hydrogen) atoms. The molecule has 1 aliphatic heterocycles. The van der Waals surface area contributed by atoms with Gasteiger partial charge in [-0.25, -0.2) is 4.79 Å². The number of rotatable bonds is 4. The Morgan fingerprint density at radius 1 is 1.29 bits per heavy atom. The van der Waals surface area contributed by atoms with Crippen LogP contribution in [0.3, 0.4) is 0 Å². The van der Waals surface area contributed by atoms with Crippen molar-refractivity contribution in [1.29, 1.82) is 0 Å². The van der Waals surface area contributed by atoms with Crippen LogP contribution in [0.4, 0.5) is 10.5 Å². The molecule has 0 spiro atoms. The summed E-state index contributed by atoms with van der Waals surface area (Å²) >= 11 is 0. The van der Waals surface area contributed by atoms with E-state index in [4.69, 9.17) is 4.74 Å². The average molecular weight is 289 g/mol. The van der Waals surface area contributed by atoms with Crippen LogP contribution in [0.25, 0.3) is 0 Å². The molecule has 112 valence electrons. The molecule has 0 bridgehead atoms. The Morgan fingerprint density at radius 3 is 2.57 bits per heavy atom. The molecule has 0 unspecified atom stereocenters. The van der Waals surface area contributed by atoms with E-state index < -0.39 is 6.09 Å². The summed E-state index contributed by atoms with van der Waals surface area (Å²) in [6.07, 6.45) is 0.950. The van der Waals surface area contributed by atoms with Gasteiger partial charge in [0.15, 0.2) is 0 Å². The van der Waals surface area contributed by atoms with Crippen LogP contribution in [0, 0.1) is 0 Å². The third-order valence-electron chi connectivity index (χ3n) is 3.11. The van der Waals surface area contributed by atoms with Gasteiger partial charge in [0.25, 0.3) is 5.91 Å². The predicted molar refractivity (Wildman–Crippen MR) is 80.4 cm³/mol. The number of nitrogens with one attached hydrogen (secondary N) is 2. The second-order valence-electron chi connectivity index (χ2n) is 4.63. The zero-order chi connectivity index (χ0) is 15.1. The molecular formula is C15H19N3O3. The number of benzene rings is 1. The van der Waals surface area contributed by atoms with Crippen molar-refractivity contribution in [3.8, 4) is 0 Å². The minimum Gasteiger partial charge on any atom is -0.445 e. The predicted octanol–water partition coefficient (Wildman–Crippen LogP) is 1.47. The summed E-state index contributed by atoms with van der Waals surface area (Å²) in [5.74, 6) is 0.0114. The van der Waals surface area contributed by atoms with Crippen LogP contribution in [-0.2, 0) is 4.74 Å². The van der Waals surface area contributed by atoms with Crippen LogP contribution in [-0.4, -0.2) is 49.7 Å². The topological polar surface area (TPSA) is 70.7 Å². The fraction of sp³-hybridized carbons (Fsp3) is 0.333. The lowest BCUT2D eigenvalue weighted by atomic mass is 10.1. The highest BCUT2D eigenvalue weighted by atomic mass is 16.5. The summed E-state index contributed by atoms with van der Waals surface area (Å²) in [6.45, 7) is 6.69. The molecule has 2 amide bonds. The third kappa shape index (κ3) is 4.32. The summed E-state index contributed by atoms with van der Waals surface area (Å²) in [4.78, 5) is 25.4. The van der Waals surface area contributed by atoms with Gasteiger partial charge in [0.05, 0.1) is 0 Å². The molecule has 0 atom stereocenters. The van der Waals surface area contributed by atoms with Crippen molar-refractivity contribution in [3.63, 3.8) is 0 Å². The second-order valence-corrected chi connectivity index (χ2v) is 4.63. The average Bonchev–Trinajstić information content (AvgIpc) is 2.54. The van der Waals surface area contributed by atoms with E-state index in [9.17, 15) is 9.59 Å². The summed E-state index contributed by atoms with van der Waals surface area (Å²) in [5, 5.41) is 5.78. The molecule has 0 radical (unpaired) electrons. The maximum absolute atomic E-state index is 12.2. The monoisotopic (exact) mass is 289 g/mol. The van der Waals surface area contributed by atoms with Crippen LogP contribution >= 0.6 is 0 Å². The van der Waals surface area contributed by atoms with E-state index in [-0.39, 0.29) is 12.5 Å². The molecule has 6 heteroatoms. The summed E-state index contributed by atoms with van der Waals surface area (Å²) < 4.78 is 4.82. The number of piperazine rings is 1. The van der Waals surface area contributed by atoms with E-state index in [2.05, 4.69) is 17.2 Å². The van der Waals surface area contributed by atoms with Gasteiger partial charge in [-0.05, 0) is 24.3 Å². The van der Waals surface area contributed by atoms with Crippen molar-refractivity contribution in [3.05, 3.63) is 42.5 Å². The minimum absolute atomic E-state index is 0.0114. The molecule has 0 aliphatic carbocycles. The van der Waals surface area contributed by atoms with Gasteiger partial charge in [-0.1, -0.05) is 12.7 Å². The summed E-state index contributed by atoms with van der Waals surface area (Å²) in [7, 11) is 0. The lowest BCUT2D eigenvalue weighted by molar-refractivity contribution is 0.0736. The Morgan fingerprint density at radius 2 is 1.95 bits per heavy atom. The molecular weight excluding hydrogens is 270 g/mol. The quantitative estimate of drug-likeness (QED) is 0.823. The van der Waals surface area contributed by atoms with E-state index in [0.29, 0.717) is 24.3 Å². The van der Waals surface area contributed by atoms with Crippen LogP contribution < -0.4 is 10.6 Å². The Labute approximate surface area is 123 Å². The Bertz CT molecular complexity index is 507. The van der Waals surface area contributed by atoms with Gasteiger partial charge < -0.3 is 15.0 Å². The first-order valence-electron chi connectivity index (χ1n) is 6.85. The molecule has 0 aromatic heterocycles. The number of hydrogen-bond donors (Lipinski definition) is 2. The van der Waals surface area contributed by atoms with Gasteiger partial charge in [0.1, 0.15) is 6.61 Å². The van der Waals surface area contributed by atoms with E-state index in [0.717, 1.165) is 13.1 Å². The Balaban J connectivity index is 1.93. The highest BCUT2D eigenvalue weighted by molar-refractivity contribution is 5.95. The molecule has 1 saturated heterocycles. The molecule has 2 N–H and O–H groups in total. The van der Waals surface area contributed by atoms with Crippen molar-refractivity contribution >= 4 is 17.7 Å². The first-order valence-corrected chi connectivity index (χ1v) is 6.85. The fourth-order valence-corrected chi connectivity index (χ4v) is 2.04. The highest BCUT2D eigenvalue weighted by Gasteiger charge is 2.17. The number of carbonyl (C=O) groups is 2. The van der Waals surface area contributed by atoms with Crippen molar-refractivity contribution in [1.82, 2.24) is 10.2 Å². The fourth-order valence-electron chi connectivity index (χ4n) is 2.04. The van der Waals surface area contributed by atoms with Gasteiger partial charge in [0.2, 0.25) is 0 Å². The Hall–Kier alpha value is -2.34. The van der Waals surface area contributed by atoms with E-state index in [1.165, 1.54) is 6.08 Å². The number of hydrogen-bond acceptors (Lipinski definition) is 4. The van der Waals surface area contributed by atoms with E-state index >= 15 is 0 Å². The van der Waals surface area contributed by atoms with Gasteiger partial charge in [-0.15, -0.1) is 0 Å². The molecule has 1 aromatic carbocycles. The molecule has 1 aromatic rings. The van der Waals surface area contributed by atoms with Crippen molar-refractivity contribution in [2.24, 2.45) is 0 Å². The number of anilines is 1. The van der Waals surface area contributed by atoms with Crippen molar-refractivity contribution in [2.45, 2.75) is 0 Å². The van der Waals surface area contributed by atoms with Crippen molar-refractivity contribution < 1.29 is 14.3 Å². The zero-order valence-corrected chi connectivity index (χ0v) is 11.8. The molecule has 1 fully saturated rings. The van der Waals surface area contributed by atoms with Gasteiger partial charge in [-0.3, -0.25) is 10.1 Å². The van der Waals surface area contributed by atoms with Gasteiger partial charge >= 0.3 is 6.09 Å². The van der Waals surface area contributed by atoms with Crippen LogP contribution in [0.15, 0.2) is 36.9 Å². The van der Waals surface area contributed by atoms with Crippen molar-refractivity contribution in [2.75, 3.05) is 38.1 Å². The third-order valence-corrected chi connectivity index (χ3v) is 3.11. The number of nitrogens with zero attached hydrogens (tertiary/aromatic N) is 1. The smallest absolute Gasteiger partial charge is 0.411 e. The number of carbonyl (C=O) groups excluding carboxylic acids is 2. The largest absolute Gasteiger partial charge is 0.445 e. The van der Waals surface area contributed by atoms with Crippen LogP contribution in [0.1, 0.15) is 10.4 Å². The SMILES string of the molecule is C=CCOC(=O)Nc1ccc(C(=O)N2CCNCC2)cc1. The standard InChI is InChI=1S/C15H19N3O3/c1-2-11-21-15(20)17-13-5-3-12(4-6-13)14(19)18-9-7-16-8-10-18/h2-6,16H,1,7-11H2,(H,17,20). The van der Waals surface area contributed by atoms with Crippen LogP contribution in [0.2, 0.25) is 0 Å². The summed E-state index contributed by atoms with van der Waals surface area (Å²) in [5.41, 5.74) is 1.20. The first-order chi connectivity index (χ1) is 10.2. The first kappa shape index (κ1) is 15.1. The lowest BCUT2D eigenvalue weighted by Crippen LogP contribution is -2.46. The van der Waals surface area contributed by atoms with Gasteiger partial charge in [0, 0.05) is 37.4 Å². The van der Waals surface area contributed by atoms with E-state index in [1.807, 2.05) is 4.90 Å². The second kappa shape index (κ2) is 7.44. The number of amides is 2. The molecule has 2 rings (SSSR count). The van der Waals surface area contributed by atoms with Gasteiger partial charge in [-0.2, -0.15) is 0 Å². The Kier molecular flexibility index (Phi) is 5.34. The normalized spacial score (nSPS) is 14.4. The molecule has 6 nitrogen and oxygen atoms in total. The number of ether oxygens (including phenoxy) is 1. The molecule has 1 aliphatic rings. The molecule has 0 saturated carbocycles. The lowest BCUT2D eigenvalue weighted by Gasteiger charge is -2.27. The minimum atomic E-state index is -0.545.